The van der Waals surface area contributed by atoms with Crippen LogP contribution in [0.1, 0.15) is 29.4 Å². The molecule has 1 aromatic heterocycles. The molecule has 1 amide bonds. The van der Waals surface area contributed by atoms with Gasteiger partial charge in [0.1, 0.15) is 0 Å². The SMILES string of the molecule is CCC(CC(N)=S)NC(=O)c1ccc(Br)s1. The average molecular weight is 321 g/mol. The van der Waals surface area contributed by atoms with Crippen molar-refractivity contribution in [2.24, 2.45) is 5.73 Å². The Bertz CT molecular complexity index is 392. The molecular weight excluding hydrogens is 308 g/mol. The first-order valence-corrected chi connectivity index (χ1v) is 6.89. The highest BCUT2D eigenvalue weighted by Crippen LogP contribution is 2.22. The van der Waals surface area contributed by atoms with Crippen LogP contribution in [0.4, 0.5) is 0 Å². The number of hydrogen-bond acceptors (Lipinski definition) is 3. The zero-order chi connectivity index (χ0) is 12.1. The van der Waals surface area contributed by atoms with Crippen LogP contribution in [0.25, 0.3) is 0 Å². The van der Waals surface area contributed by atoms with Crippen LogP contribution in [0.2, 0.25) is 0 Å². The van der Waals surface area contributed by atoms with E-state index in [1.165, 1.54) is 11.3 Å². The van der Waals surface area contributed by atoms with Crippen molar-refractivity contribution in [3.8, 4) is 0 Å². The first kappa shape index (κ1) is 13.6. The summed E-state index contributed by atoms with van der Waals surface area (Å²) in [6, 6.07) is 3.66. The maximum absolute atomic E-state index is 11.8. The number of halogens is 1. The van der Waals surface area contributed by atoms with Crippen LogP contribution in [0.3, 0.4) is 0 Å². The van der Waals surface area contributed by atoms with Gasteiger partial charge in [-0.15, -0.1) is 11.3 Å². The monoisotopic (exact) mass is 320 g/mol. The van der Waals surface area contributed by atoms with Crippen molar-refractivity contribution in [1.29, 1.82) is 0 Å². The van der Waals surface area contributed by atoms with Crippen molar-refractivity contribution in [3.05, 3.63) is 20.8 Å². The van der Waals surface area contributed by atoms with E-state index in [4.69, 9.17) is 18.0 Å². The maximum atomic E-state index is 11.8. The largest absolute Gasteiger partial charge is 0.393 e. The third kappa shape index (κ3) is 4.19. The van der Waals surface area contributed by atoms with E-state index in [2.05, 4.69) is 21.2 Å². The van der Waals surface area contributed by atoms with Crippen molar-refractivity contribution >= 4 is 50.4 Å². The second-order valence-corrected chi connectivity index (χ2v) is 6.34. The van der Waals surface area contributed by atoms with Gasteiger partial charge in [-0.2, -0.15) is 0 Å². The second-order valence-electron chi connectivity index (χ2n) is 3.35. The summed E-state index contributed by atoms with van der Waals surface area (Å²) < 4.78 is 0.944. The second kappa shape index (κ2) is 6.32. The summed E-state index contributed by atoms with van der Waals surface area (Å²) in [7, 11) is 0. The summed E-state index contributed by atoms with van der Waals surface area (Å²) in [6.07, 6.45) is 1.36. The van der Waals surface area contributed by atoms with Gasteiger partial charge in [-0.05, 0) is 34.5 Å². The molecule has 0 fully saturated rings. The van der Waals surface area contributed by atoms with Crippen LogP contribution in [0.15, 0.2) is 15.9 Å². The van der Waals surface area contributed by atoms with E-state index < -0.39 is 0 Å². The highest BCUT2D eigenvalue weighted by atomic mass is 79.9. The molecule has 0 bridgehead atoms. The van der Waals surface area contributed by atoms with E-state index in [-0.39, 0.29) is 11.9 Å². The summed E-state index contributed by atoms with van der Waals surface area (Å²) in [5, 5.41) is 2.91. The van der Waals surface area contributed by atoms with Crippen LogP contribution in [-0.2, 0) is 0 Å². The predicted molar refractivity (Wildman–Crippen MR) is 75.0 cm³/mol. The highest BCUT2D eigenvalue weighted by Gasteiger charge is 2.14. The van der Waals surface area contributed by atoms with Gasteiger partial charge in [0.05, 0.1) is 13.7 Å². The molecular formula is C10H13BrN2OS2. The van der Waals surface area contributed by atoms with Gasteiger partial charge in [0.25, 0.3) is 5.91 Å². The number of carbonyl (C=O) groups excluding carboxylic acids is 1. The van der Waals surface area contributed by atoms with E-state index >= 15 is 0 Å². The number of amides is 1. The third-order valence-corrected chi connectivity index (χ3v) is 3.86. The standard InChI is InChI=1S/C10H13BrN2OS2/c1-2-6(5-9(12)15)13-10(14)7-3-4-8(11)16-7/h3-4,6H,2,5H2,1H3,(H2,12,15)(H,13,14). The van der Waals surface area contributed by atoms with E-state index in [1.807, 2.05) is 13.0 Å². The van der Waals surface area contributed by atoms with Crippen LogP contribution < -0.4 is 11.1 Å². The number of thiophene rings is 1. The van der Waals surface area contributed by atoms with Crippen molar-refractivity contribution in [2.45, 2.75) is 25.8 Å². The van der Waals surface area contributed by atoms with Gasteiger partial charge >= 0.3 is 0 Å². The lowest BCUT2D eigenvalue weighted by atomic mass is 10.1. The van der Waals surface area contributed by atoms with Gasteiger partial charge < -0.3 is 11.1 Å². The molecule has 1 rings (SSSR count). The van der Waals surface area contributed by atoms with Crippen molar-refractivity contribution in [1.82, 2.24) is 5.32 Å². The first-order chi connectivity index (χ1) is 7.52. The lowest BCUT2D eigenvalue weighted by Gasteiger charge is -2.15. The van der Waals surface area contributed by atoms with E-state index in [1.54, 1.807) is 6.07 Å². The Morgan fingerprint density at radius 1 is 1.69 bits per heavy atom. The summed E-state index contributed by atoms with van der Waals surface area (Å²) in [6.45, 7) is 1.99. The minimum Gasteiger partial charge on any atom is -0.393 e. The van der Waals surface area contributed by atoms with E-state index in [0.29, 0.717) is 16.3 Å². The Labute approximate surface area is 113 Å². The molecule has 0 radical (unpaired) electrons. The van der Waals surface area contributed by atoms with E-state index in [0.717, 1.165) is 10.2 Å². The van der Waals surface area contributed by atoms with Crippen LogP contribution in [0.5, 0.6) is 0 Å². The lowest BCUT2D eigenvalue weighted by Crippen LogP contribution is -2.36. The van der Waals surface area contributed by atoms with Crippen LogP contribution >= 0.6 is 39.5 Å². The molecule has 3 N–H and O–H groups in total. The summed E-state index contributed by atoms with van der Waals surface area (Å²) >= 11 is 9.56. The Morgan fingerprint density at radius 3 is 2.81 bits per heavy atom. The quantitative estimate of drug-likeness (QED) is 0.820. The highest BCUT2D eigenvalue weighted by molar-refractivity contribution is 9.11. The zero-order valence-electron chi connectivity index (χ0n) is 8.83. The number of thiocarbonyl (C=S) groups is 1. The predicted octanol–water partition coefficient (Wildman–Crippen LogP) is 2.70. The van der Waals surface area contributed by atoms with Gasteiger partial charge in [-0.25, -0.2) is 0 Å². The molecule has 3 nitrogen and oxygen atoms in total. The fourth-order valence-electron chi connectivity index (χ4n) is 1.23. The smallest absolute Gasteiger partial charge is 0.261 e. The summed E-state index contributed by atoms with van der Waals surface area (Å²) in [5.41, 5.74) is 5.46. The lowest BCUT2D eigenvalue weighted by molar-refractivity contribution is 0.0941. The topological polar surface area (TPSA) is 55.1 Å². The Balaban J connectivity index is 2.58. The molecule has 0 saturated carbocycles. The first-order valence-electron chi connectivity index (χ1n) is 4.87. The number of nitrogens with one attached hydrogen (secondary N) is 1. The summed E-state index contributed by atoms with van der Waals surface area (Å²) in [4.78, 5) is 12.9. The number of hydrogen-bond donors (Lipinski definition) is 2. The molecule has 1 atom stereocenters. The van der Waals surface area contributed by atoms with Gasteiger partial charge in [-0.3, -0.25) is 4.79 Å². The number of nitrogens with two attached hydrogens (primary N) is 1. The molecule has 1 unspecified atom stereocenters. The normalized spacial score (nSPS) is 12.1. The van der Waals surface area contributed by atoms with Crippen molar-refractivity contribution < 1.29 is 4.79 Å². The molecule has 1 aromatic rings. The number of carbonyl (C=O) groups is 1. The van der Waals surface area contributed by atoms with Gasteiger partial charge in [0, 0.05) is 12.5 Å². The van der Waals surface area contributed by atoms with Gasteiger partial charge in [0.2, 0.25) is 0 Å². The van der Waals surface area contributed by atoms with Crippen molar-refractivity contribution in [3.63, 3.8) is 0 Å². The molecule has 0 aromatic carbocycles. The van der Waals surface area contributed by atoms with Crippen molar-refractivity contribution in [2.75, 3.05) is 0 Å². The Kier molecular flexibility index (Phi) is 5.37. The molecule has 0 aliphatic heterocycles. The van der Waals surface area contributed by atoms with Crippen LogP contribution in [-0.4, -0.2) is 16.9 Å². The minimum atomic E-state index is -0.0706. The van der Waals surface area contributed by atoms with E-state index in [9.17, 15) is 4.79 Å². The van der Waals surface area contributed by atoms with Gasteiger partial charge in [-0.1, -0.05) is 19.1 Å². The molecule has 0 saturated heterocycles. The molecule has 88 valence electrons. The number of rotatable bonds is 5. The fraction of sp³-hybridized carbons (Fsp3) is 0.400. The molecule has 0 aliphatic carbocycles. The minimum absolute atomic E-state index is 0.0193. The zero-order valence-corrected chi connectivity index (χ0v) is 12.0. The maximum Gasteiger partial charge on any atom is 0.261 e. The summed E-state index contributed by atoms with van der Waals surface area (Å²) in [5.74, 6) is -0.0706. The Morgan fingerprint density at radius 2 is 2.38 bits per heavy atom. The van der Waals surface area contributed by atoms with Crippen LogP contribution in [0, 0.1) is 0 Å². The third-order valence-electron chi connectivity index (χ3n) is 2.07. The molecule has 1 heterocycles. The Hall–Kier alpha value is -0.460. The van der Waals surface area contributed by atoms with Gasteiger partial charge in [0.15, 0.2) is 0 Å². The molecule has 0 spiro atoms. The molecule has 0 aliphatic rings. The average Bonchev–Trinajstić information content (AvgIpc) is 2.63. The fourth-order valence-corrected chi connectivity index (χ4v) is 2.72. The molecule has 16 heavy (non-hydrogen) atoms. The molecule has 6 heteroatoms.